The van der Waals surface area contributed by atoms with Crippen LogP contribution in [0.4, 0.5) is 13.2 Å². The summed E-state index contributed by atoms with van der Waals surface area (Å²) in [4.78, 5) is 12.3. The topological polar surface area (TPSA) is 66.5 Å². The molecule has 0 bridgehead atoms. The highest BCUT2D eigenvalue weighted by molar-refractivity contribution is 7.89. The molecule has 0 unspecified atom stereocenters. The molecule has 0 aliphatic carbocycles. The van der Waals surface area contributed by atoms with Crippen LogP contribution in [-0.2, 0) is 22.6 Å². The van der Waals surface area contributed by atoms with Gasteiger partial charge in [0.1, 0.15) is 0 Å². The summed E-state index contributed by atoms with van der Waals surface area (Å²) in [5.41, 5.74) is -0.120. The molecule has 2 aromatic carbocycles. The number of rotatable bonds is 6. The quantitative estimate of drug-likeness (QED) is 0.742. The van der Waals surface area contributed by atoms with E-state index in [9.17, 15) is 26.4 Å². The molecule has 1 saturated heterocycles. The van der Waals surface area contributed by atoms with Crippen LogP contribution in [0.3, 0.4) is 0 Å². The average Bonchev–Trinajstić information content (AvgIpc) is 2.74. The van der Waals surface area contributed by atoms with E-state index in [0.29, 0.717) is 19.5 Å². The van der Waals surface area contributed by atoms with Crippen LogP contribution in [-0.4, -0.2) is 38.3 Å². The molecule has 0 spiro atoms. The summed E-state index contributed by atoms with van der Waals surface area (Å²) in [6.07, 6.45) is -1.32. The van der Waals surface area contributed by atoms with Crippen molar-refractivity contribution in [2.75, 3.05) is 19.6 Å². The van der Waals surface area contributed by atoms with E-state index in [1.54, 1.807) is 24.3 Å². The van der Waals surface area contributed by atoms with Gasteiger partial charge in [-0.15, -0.1) is 0 Å². The third-order valence-electron chi connectivity index (χ3n) is 5.03. The Kier molecular flexibility index (Phi) is 6.82. The Hall–Kier alpha value is -2.39. The maximum Gasteiger partial charge on any atom is 0.416 e. The van der Waals surface area contributed by atoms with Crippen molar-refractivity contribution in [3.63, 3.8) is 0 Å². The highest BCUT2D eigenvalue weighted by Gasteiger charge is 2.31. The van der Waals surface area contributed by atoms with Crippen LogP contribution >= 0.6 is 0 Å². The monoisotopic (exact) mass is 440 g/mol. The Morgan fingerprint density at radius 1 is 1.00 bits per heavy atom. The zero-order valence-corrected chi connectivity index (χ0v) is 17.1. The molecule has 1 fully saturated rings. The van der Waals surface area contributed by atoms with Gasteiger partial charge in [0.2, 0.25) is 10.0 Å². The van der Waals surface area contributed by atoms with Crippen molar-refractivity contribution < 1.29 is 26.4 Å². The zero-order valence-electron chi connectivity index (χ0n) is 16.3. The fourth-order valence-corrected chi connectivity index (χ4v) is 4.86. The first-order valence-electron chi connectivity index (χ1n) is 9.72. The molecular formula is C21H23F3N2O3S. The van der Waals surface area contributed by atoms with Crippen molar-refractivity contribution in [3.05, 3.63) is 65.2 Å². The fourth-order valence-electron chi connectivity index (χ4n) is 3.34. The number of piperidine rings is 1. The van der Waals surface area contributed by atoms with Gasteiger partial charge in [0, 0.05) is 25.2 Å². The summed E-state index contributed by atoms with van der Waals surface area (Å²) in [5.74, 6) is -0.592. The number of alkyl halides is 3. The largest absolute Gasteiger partial charge is 0.416 e. The molecule has 162 valence electrons. The molecule has 9 heteroatoms. The third-order valence-corrected chi connectivity index (χ3v) is 6.94. The van der Waals surface area contributed by atoms with Gasteiger partial charge < -0.3 is 5.32 Å². The van der Waals surface area contributed by atoms with Crippen molar-refractivity contribution in [1.82, 2.24) is 9.62 Å². The molecular weight excluding hydrogens is 417 g/mol. The first kappa shape index (κ1) is 22.3. The van der Waals surface area contributed by atoms with Crippen molar-refractivity contribution in [2.45, 2.75) is 36.8 Å². The number of carbonyl (C=O) groups is 1. The SMILES string of the molecule is O=C(NCCc1ccc(S(=O)(=O)N2CCCCC2)cc1)c1cccc(C(F)(F)F)c1. The number of hydrogen-bond donors (Lipinski definition) is 1. The van der Waals surface area contributed by atoms with Gasteiger partial charge in [-0.2, -0.15) is 17.5 Å². The van der Waals surface area contributed by atoms with Gasteiger partial charge in [0.25, 0.3) is 5.91 Å². The van der Waals surface area contributed by atoms with Gasteiger partial charge in [0.15, 0.2) is 0 Å². The lowest BCUT2D eigenvalue weighted by Crippen LogP contribution is -2.35. The molecule has 0 radical (unpaired) electrons. The number of halogens is 3. The standard InChI is InChI=1S/C21H23F3N2O3S/c22-21(23,24)18-6-4-5-17(15-18)20(27)25-12-11-16-7-9-19(10-8-16)30(28,29)26-13-2-1-3-14-26/h4-10,15H,1-3,11-14H2,(H,25,27). The summed E-state index contributed by atoms with van der Waals surface area (Å²) in [6.45, 7) is 1.28. The van der Waals surface area contributed by atoms with Gasteiger partial charge in [0.05, 0.1) is 10.5 Å². The Morgan fingerprint density at radius 2 is 1.67 bits per heavy atom. The molecule has 0 atom stereocenters. The van der Waals surface area contributed by atoms with Crippen molar-refractivity contribution >= 4 is 15.9 Å². The van der Waals surface area contributed by atoms with Crippen molar-refractivity contribution in [3.8, 4) is 0 Å². The van der Waals surface area contributed by atoms with Crippen LogP contribution in [0.5, 0.6) is 0 Å². The molecule has 1 amide bonds. The number of benzene rings is 2. The van der Waals surface area contributed by atoms with Gasteiger partial charge in [-0.1, -0.05) is 24.6 Å². The molecule has 2 aromatic rings. The lowest BCUT2D eigenvalue weighted by atomic mass is 10.1. The molecule has 1 aliphatic heterocycles. The molecule has 1 heterocycles. The predicted molar refractivity (Wildman–Crippen MR) is 107 cm³/mol. The van der Waals surface area contributed by atoms with Crippen LogP contribution in [0.2, 0.25) is 0 Å². The molecule has 30 heavy (non-hydrogen) atoms. The van der Waals surface area contributed by atoms with Crippen LogP contribution in [0.15, 0.2) is 53.4 Å². The fraction of sp³-hybridized carbons (Fsp3) is 0.381. The van der Waals surface area contributed by atoms with Gasteiger partial charge in [-0.05, 0) is 55.2 Å². The van der Waals surface area contributed by atoms with E-state index in [1.807, 2.05) is 0 Å². The van der Waals surface area contributed by atoms with Gasteiger partial charge >= 0.3 is 6.18 Å². The minimum Gasteiger partial charge on any atom is -0.352 e. The second-order valence-corrected chi connectivity index (χ2v) is 9.13. The number of carbonyl (C=O) groups excluding carboxylic acids is 1. The molecule has 5 nitrogen and oxygen atoms in total. The van der Waals surface area contributed by atoms with E-state index in [-0.39, 0.29) is 17.0 Å². The molecule has 0 aromatic heterocycles. The Morgan fingerprint density at radius 3 is 2.30 bits per heavy atom. The summed E-state index contributed by atoms with van der Waals surface area (Å²) >= 11 is 0. The van der Waals surface area contributed by atoms with E-state index < -0.39 is 27.7 Å². The van der Waals surface area contributed by atoms with Crippen molar-refractivity contribution in [2.24, 2.45) is 0 Å². The van der Waals surface area contributed by atoms with Crippen molar-refractivity contribution in [1.29, 1.82) is 0 Å². The summed E-state index contributed by atoms with van der Waals surface area (Å²) in [7, 11) is -3.49. The maximum atomic E-state index is 12.8. The Bertz CT molecular complexity index is 983. The molecule has 1 N–H and O–H groups in total. The minimum atomic E-state index is -4.51. The highest BCUT2D eigenvalue weighted by Crippen LogP contribution is 2.29. The average molecular weight is 440 g/mol. The third kappa shape index (κ3) is 5.40. The Labute approximate surface area is 173 Å². The van der Waals surface area contributed by atoms with Crippen LogP contribution in [0, 0.1) is 0 Å². The van der Waals surface area contributed by atoms with Gasteiger partial charge in [-0.3, -0.25) is 4.79 Å². The number of nitrogens with zero attached hydrogens (tertiary/aromatic N) is 1. The second kappa shape index (κ2) is 9.18. The molecule has 1 aliphatic rings. The minimum absolute atomic E-state index is 0.0622. The first-order chi connectivity index (χ1) is 14.2. The van der Waals surface area contributed by atoms with Crippen LogP contribution in [0.25, 0.3) is 0 Å². The van der Waals surface area contributed by atoms with E-state index in [1.165, 1.54) is 16.4 Å². The zero-order chi connectivity index (χ0) is 21.8. The normalized spacial score (nSPS) is 15.7. The van der Waals surface area contributed by atoms with E-state index in [2.05, 4.69) is 5.32 Å². The maximum absolute atomic E-state index is 12.8. The predicted octanol–water partition coefficient (Wildman–Crippen LogP) is 3.85. The first-order valence-corrected chi connectivity index (χ1v) is 11.2. The molecule has 0 saturated carbocycles. The van der Waals surface area contributed by atoms with Crippen LogP contribution in [0.1, 0.15) is 40.7 Å². The summed E-state index contributed by atoms with van der Waals surface area (Å²) in [6, 6.07) is 10.7. The lowest BCUT2D eigenvalue weighted by molar-refractivity contribution is -0.137. The van der Waals surface area contributed by atoms with E-state index >= 15 is 0 Å². The van der Waals surface area contributed by atoms with Crippen LogP contribution < -0.4 is 5.32 Å². The number of sulfonamides is 1. The number of nitrogens with one attached hydrogen (secondary N) is 1. The number of hydrogen-bond acceptors (Lipinski definition) is 3. The summed E-state index contributed by atoms with van der Waals surface area (Å²) in [5, 5.41) is 2.59. The smallest absolute Gasteiger partial charge is 0.352 e. The van der Waals surface area contributed by atoms with E-state index in [0.717, 1.165) is 37.0 Å². The van der Waals surface area contributed by atoms with E-state index in [4.69, 9.17) is 0 Å². The second-order valence-electron chi connectivity index (χ2n) is 7.19. The Balaban J connectivity index is 1.56. The summed E-state index contributed by atoms with van der Waals surface area (Å²) < 4.78 is 65.1. The molecule has 3 rings (SSSR count). The lowest BCUT2D eigenvalue weighted by Gasteiger charge is -2.25. The van der Waals surface area contributed by atoms with Gasteiger partial charge in [-0.25, -0.2) is 8.42 Å². The highest BCUT2D eigenvalue weighted by atomic mass is 32.2. The number of amides is 1.